The van der Waals surface area contributed by atoms with Gasteiger partial charge in [-0.1, -0.05) is 60.9 Å². The van der Waals surface area contributed by atoms with E-state index < -0.39 is 159 Å². The summed E-state index contributed by atoms with van der Waals surface area (Å²) in [5, 5.41) is 37.7. The SMILES string of the molecule is COc1cc2cc(c1Cl)N(C)C(=O)C[C@H](OC(=O)COc1cccc(/C(C)=N/NC(=O)c3ccc(NC(=O)CCNC(=O)C(CS(=O)(=O)O)NC(=O)CCCCCN4C(=O)C=CC4=O)cc3[N+](=O)[O-])c1)C1(C)OC1C(C)[C@@H]1C[C@@](O)(NC(=O)O1)[C@H](OC)/C=C/C=C(\C)C2. The number of hydrogen-bond acceptors (Lipinski definition) is 21. The fourth-order valence-corrected chi connectivity index (χ4v) is 11.6. The second-order valence-electron chi connectivity index (χ2n) is 22.6. The van der Waals surface area contributed by atoms with Crippen LogP contribution in [-0.4, -0.2) is 176 Å². The lowest BCUT2D eigenvalue weighted by Gasteiger charge is -2.42. The number of anilines is 2. The van der Waals surface area contributed by atoms with E-state index in [1.54, 1.807) is 50.3 Å². The van der Waals surface area contributed by atoms with Crippen LogP contribution in [0.25, 0.3) is 0 Å². The van der Waals surface area contributed by atoms with Crippen LogP contribution in [0.2, 0.25) is 5.02 Å². The van der Waals surface area contributed by atoms with E-state index in [0.29, 0.717) is 36.3 Å². The topological polar surface area (TPSA) is 409 Å². The van der Waals surface area contributed by atoms with Crippen LogP contribution < -0.4 is 41.1 Å². The third kappa shape index (κ3) is 19.0. The maximum absolute atomic E-state index is 14.4. The lowest BCUT2D eigenvalue weighted by atomic mass is 9.83. The number of allylic oxidation sites excluding steroid dienone is 3. The van der Waals surface area contributed by atoms with Gasteiger partial charge in [-0.15, -0.1) is 0 Å². The number of nitrogens with one attached hydrogen (secondary N) is 5. The molecule has 7 N–H and O–H groups in total. The summed E-state index contributed by atoms with van der Waals surface area (Å²) in [6, 6.07) is 11.0. The second-order valence-corrected chi connectivity index (χ2v) is 24.5. The lowest BCUT2D eigenvalue weighted by molar-refractivity contribution is -0.385. The largest absolute Gasteiger partial charge is 0.495 e. The van der Waals surface area contributed by atoms with Crippen LogP contribution in [0.5, 0.6) is 11.5 Å². The molecule has 4 bridgehead atoms. The molecule has 3 aromatic rings. The molecule has 0 saturated carbocycles. The van der Waals surface area contributed by atoms with Crippen molar-refractivity contribution in [3.05, 3.63) is 122 Å². The first-order chi connectivity index (χ1) is 43.9. The number of esters is 1. The van der Waals surface area contributed by atoms with Gasteiger partial charge in [-0.3, -0.25) is 58.4 Å². The number of alkyl carbamates (subject to hydrolysis) is 1. The Labute approximate surface area is 539 Å². The van der Waals surface area contributed by atoms with Gasteiger partial charge in [0.2, 0.25) is 23.6 Å². The number of benzene rings is 3. The molecule has 500 valence electrons. The molecular formula is C61H72ClN9O21S. The molecule has 7 rings (SSSR count). The van der Waals surface area contributed by atoms with Gasteiger partial charge in [-0.05, 0) is 82.0 Å². The molecule has 0 aliphatic carbocycles. The summed E-state index contributed by atoms with van der Waals surface area (Å²) in [6.07, 6.45) is 2.67. The van der Waals surface area contributed by atoms with Crippen molar-refractivity contribution in [2.24, 2.45) is 11.0 Å². The summed E-state index contributed by atoms with van der Waals surface area (Å²) in [5.74, 6) is -7.36. The van der Waals surface area contributed by atoms with Crippen LogP contribution in [0.3, 0.4) is 0 Å². The van der Waals surface area contributed by atoms with Gasteiger partial charge in [0.25, 0.3) is 33.5 Å². The average molecular weight is 1330 g/mol. The van der Waals surface area contributed by atoms with E-state index in [-0.39, 0.29) is 48.0 Å². The van der Waals surface area contributed by atoms with Crippen molar-refractivity contribution in [3.8, 4) is 11.5 Å². The first kappa shape index (κ1) is 71.3. The van der Waals surface area contributed by atoms with Gasteiger partial charge < -0.3 is 54.4 Å². The Bertz CT molecular complexity index is 3660. The van der Waals surface area contributed by atoms with Crippen LogP contribution in [0.15, 0.2) is 95.7 Å². The van der Waals surface area contributed by atoms with Gasteiger partial charge in [-0.2, -0.15) is 13.5 Å². The molecule has 0 aromatic heterocycles. The van der Waals surface area contributed by atoms with Crippen LogP contribution in [-0.2, 0) is 69.0 Å². The Kier molecular flexibility index (Phi) is 23.8. The Morgan fingerprint density at radius 3 is 2.42 bits per heavy atom. The Morgan fingerprint density at radius 2 is 1.73 bits per heavy atom. The highest BCUT2D eigenvalue weighted by atomic mass is 35.5. The molecule has 4 aliphatic rings. The number of rotatable bonds is 24. The summed E-state index contributed by atoms with van der Waals surface area (Å²) in [5.41, 5.74) is 0.122. The molecule has 0 spiro atoms. The first-order valence-corrected chi connectivity index (χ1v) is 31.2. The minimum absolute atomic E-state index is 0.124. The van der Waals surface area contributed by atoms with Crippen molar-refractivity contribution >= 4 is 97.9 Å². The number of nitrogens with zero attached hydrogens (tertiary/aromatic N) is 4. The predicted molar refractivity (Wildman–Crippen MR) is 332 cm³/mol. The van der Waals surface area contributed by atoms with Crippen molar-refractivity contribution in [1.29, 1.82) is 0 Å². The van der Waals surface area contributed by atoms with E-state index >= 15 is 0 Å². The average Bonchev–Trinajstić information content (AvgIpc) is 1.58. The molecule has 30 nitrogen and oxygen atoms in total. The maximum Gasteiger partial charge on any atom is 0.409 e. The standard InChI is InChI=1S/C61H72ClN9O21S/c1-34-13-11-16-47(88-7)61(81)31-46(90-59(80)66-61)35(2)56-60(4,92-56)48(30-53(76)69(5)44-26-37(25-34)27-45(87-6)55(44)62)91-54(77)32-89-40-15-12-14-38(28-40)36(3)67-68-57(78)41-19-18-39(29-43(41)71(82)83)64-50(73)22-23-63-58(79)42(33-93(84,85)86)65-49(72)17-9-8-10-24-70-51(74)20-21-52(70)75/h11-16,18-21,26-29,35,42,46-48,56,81H,8-10,17,22-25,30-33H2,1-7H3,(H,63,79)(H,64,73)(H,65,72)(H,66,80)(H,68,78)(H,84,85,86)/b16-11+,34-13+,67-36+/t35?,42?,46-,47+,48-,56?,60?,61-/m0/s1. The monoisotopic (exact) mass is 1330 g/mol. The summed E-state index contributed by atoms with van der Waals surface area (Å²) in [6.45, 7) is 5.78. The molecule has 4 aliphatic heterocycles. The zero-order valence-electron chi connectivity index (χ0n) is 51.8. The van der Waals surface area contributed by atoms with E-state index in [1.165, 1.54) is 51.3 Å². The Balaban J connectivity index is 0.953. The number of unbranched alkanes of at least 4 members (excludes halogenated alkanes) is 2. The molecule has 8 atom stereocenters. The number of methoxy groups -OCH3 is 2. The molecule has 4 heterocycles. The number of nitro benzene ring substituents is 1. The lowest BCUT2D eigenvalue weighted by Crippen LogP contribution is -2.63. The van der Waals surface area contributed by atoms with E-state index in [4.69, 9.17) is 40.0 Å². The van der Waals surface area contributed by atoms with E-state index in [2.05, 4.69) is 31.8 Å². The number of carbonyl (C=O) groups is 9. The number of hydrogen-bond donors (Lipinski definition) is 7. The van der Waals surface area contributed by atoms with Crippen LogP contribution in [0.4, 0.5) is 21.9 Å². The highest BCUT2D eigenvalue weighted by Crippen LogP contribution is 2.49. The molecule has 2 fully saturated rings. The summed E-state index contributed by atoms with van der Waals surface area (Å²) < 4.78 is 67.9. The van der Waals surface area contributed by atoms with Gasteiger partial charge in [0.1, 0.15) is 57.8 Å². The minimum Gasteiger partial charge on any atom is -0.495 e. The van der Waals surface area contributed by atoms with Crippen molar-refractivity contribution in [1.82, 2.24) is 26.3 Å². The summed E-state index contributed by atoms with van der Waals surface area (Å²) in [4.78, 5) is 130. The fourth-order valence-electron chi connectivity index (χ4n) is 10.7. The van der Waals surface area contributed by atoms with Crippen molar-refractivity contribution in [2.45, 2.75) is 121 Å². The number of imide groups is 1. The van der Waals surface area contributed by atoms with Crippen molar-refractivity contribution < 1.29 is 94.6 Å². The summed E-state index contributed by atoms with van der Waals surface area (Å²) >= 11 is 6.81. The van der Waals surface area contributed by atoms with Gasteiger partial charge in [0.05, 0.1) is 36.0 Å². The van der Waals surface area contributed by atoms with Crippen molar-refractivity contribution in [3.63, 3.8) is 0 Å². The van der Waals surface area contributed by atoms with Gasteiger partial charge in [0.15, 0.2) is 12.3 Å². The molecule has 4 unspecified atom stereocenters. The van der Waals surface area contributed by atoms with Crippen molar-refractivity contribution in [2.75, 3.05) is 56.9 Å². The first-order valence-electron chi connectivity index (χ1n) is 29.2. The number of nitro groups is 1. The molecule has 0 radical (unpaired) electrons. The van der Waals surface area contributed by atoms with Gasteiger partial charge >= 0.3 is 12.1 Å². The van der Waals surface area contributed by atoms with Gasteiger partial charge in [0, 0.05) is 81.9 Å². The molecule has 3 aromatic carbocycles. The number of aliphatic hydroxyl groups is 1. The zero-order valence-corrected chi connectivity index (χ0v) is 53.3. The fraction of sp³-hybridized carbons (Fsp3) is 0.443. The third-order valence-electron chi connectivity index (χ3n) is 15.7. The smallest absolute Gasteiger partial charge is 0.409 e. The molecule has 8 amide bonds. The molecule has 93 heavy (non-hydrogen) atoms. The second kappa shape index (κ2) is 31.0. The highest BCUT2D eigenvalue weighted by molar-refractivity contribution is 7.85. The number of fused-ring (bicyclic) bond motifs is 5. The van der Waals surface area contributed by atoms with E-state index in [9.17, 15) is 71.3 Å². The summed E-state index contributed by atoms with van der Waals surface area (Å²) in [7, 11) is -0.450. The molecular weight excluding hydrogens is 1260 g/mol. The zero-order chi connectivity index (χ0) is 68.1. The van der Waals surface area contributed by atoms with E-state index in [0.717, 1.165) is 40.3 Å². The van der Waals surface area contributed by atoms with Crippen LogP contribution in [0, 0.1) is 16.0 Å². The third-order valence-corrected chi connectivity index (χ3v) is 16.9. The normalized spacial score (nSPS) is 23.6. The van der Waals surface area contributed by atoms with Crippen LogP contribution in [0.1, 0.15) is 94.1 Å². The number of carbonyl (C=O) groups excluding carboxylic acids is 9. The number of ether oxygens (including phenoxy) is 6. The maximum atomic E-state index is 14.4. The highest BCUT2D eigenvalue weighted by Gasteiger charge is 2.64. The van der Waals surface area contributed by atoms with Gasteiger partial charge in [-0.25, -0.2) is 15.0 Å². The predicted octanol–water partition coefficient (Wildman–Crippen LogP) is 4.11. The minimum atomic E-state index is -4.79. The quantitative estimate of drug-likeness (QED) is 0.00969. The number of amides is 8. The Morgan fingerprint density at radius 1 is 1.00 bits per heavy atom. The Hall–Kier alpha value is -9.14. The van der Waals surface area contributed by atoms with Crippen LogP contribution >= 0.6 is 11.6 Å². The number of hydrazone groups is 1. The molecule has 2 saturated heterocycles. The molecule has 32 heteroatoms. The number of halogens is 1. The number of epoxide rings is 1. The van der Waals surface area contributed by atoms with E-state index in [1.807, 2.05) is 13.0 Å².